The Morgan fingerprint density at radius 1 is 0.667 bits per heavy atom. The van der Waals surface area contributed by atoms with Crippen molar-refractivity contribution < 1.29 is 5.11 Å². The van der Waals surface area contributed by atoms with Crippen molar-refractivity contribution >= 4 is 59.1 Å². The van der Waals surface area contributed by atoms with Crippen molar-refractivity contribution in [3.8, 4) is 16.9 Å². The average Bonchev–Trinajstić information content (AvgIpc) is 2.20. The van der Waals surface area contributed by atoms with Gasteiger partial charge < -0.3 is 5.11 Å². The van der Waals surface area contributed by atoms with Crippen LogP contribution in [0.1, 0.15) is 0 Å². The molecule has 2 rings (SSSR count). The van der Waals surface area contributed by atoms with Crippen molar-refractivity contribution in [2.24, 2.45) is 0 Å². The number of hydrogen-bond acceptors (Lipinski definition) is 1. The molecule has 1 nitrogen and oxygen atoms in total. The summed E-state index contributed by atoms with van der Waals surface area (Å²) in [7, 11) is 0. The molecule has 0 aromatic heterocycles. The molecule has 0 heterocycles. The van der Waals surface area contributed by atoms with E-state index in [0.717, 1.165) is 11.1 Å². The van der Waals surface area contributed by atoms with E-state index >= 15 is 0 Å². The van der Waals surface area contributed by atoms with Crippen LogP contribution >= 0.6 is 0 Å². The minimum atomic E-state index is 0. The van der Waals surface area contributed by atoms with E-state index in [0.29, 0.717) is 5.75 Å². The third-order valence-electron chi connectivity index (χ3n) is 1.99. The Morgan fingerprint density at radius 2 is 1.20 bits per heavy atom. The summed E-state index contributed by atoms with van der Waals surface area (Å²) in [6.45, 7) is 0. The predicted octanol–water partition coefficient (Wildman–Crippen LogP) is 2.30. The predicted molar refractivity (Wildman–Crippen MR) is 65.1 cm³/mol. The molecule has 1 N–H and O–H groups in total. The summed E-state index contributed by atoms with van der Waals surface area (Å²) in [5, 5.41) is 9.56. The molecule has 0 atom stereocenters. The number of phenols is 1. The topological polar surface area (TPSA) is 20.2 Å². The molecule has 0 amide bonds. The molecule has 0 aliphatic heterocycles. The molecule has 2 radical (unpaired) electrons. The van der Waals surface area contributed by atoms with Crippen molar-refractivity contribution in [2.75, 3.05) is 0 Å². The van der Waals surface area contributed by atoms with Crippen molar-refractivity contribution in [1.29, 1.82) is 0 Å². The maximum atomic E-state index is 9.56. The van der Waals surface area contributed by atoms with Gasteiger partial charge in [-0.05, 0) is 11.6 Å². The molecule has 0 saturated heterocycles. The molecule has 0 fully saturated rings. The van der Waals surface area contributed by atoms with Gasteiger partial charge in [-0.1, -0.05) is 48.5 Å². The van der Waals surface area contributed by atoms with Crippen LogP contribution in [0.5, 0.6) is 5.75 Å². The van der Waals surface area contributed by atoms with Gasteiger partial charge in [-0.25, -0.2) is 0 Å². The molecule has 0 spiro atoms. The molecule has 3 heteroatoms. The van der Waals surface area contributed by atoms with Gasteiger partial charge in [0.05, 0.1) is 0 Å². The molecule has 2 aromatic carbocycles. The van der Waals surface area contributed by atoms with Crippen molar-refractivity contribution in [3.05, 3.63) is 54.6 Å². The zero-order valence-corrected chi connectivity index (χ0v) is 13.1. The first-order valence-corrected chi connectivity index (χ1v) is 4.21. The van der Waals surface area contributed by atoms with Crippen LogP contribution in [0, 0.1) is 0 Å². The van der Waals surface area contributed by atoms with E-state index in [1.165, 1.54) is 0 Å². The fourth-order valence-electron chi connectivity index (χ4n) is 1.34. The van der Waals surface area contributed by atoms with Gasteiger partial charge in [-0.15, -0.1) is 0 Å². The summed E-state index contributed by atoms with van der Waals surface area (Å²) < 4.78 is 0. The second-order valence-electron chi connectivity index (χ2n) is 2.88. The SMILES string of the molecule is Oc1ccccc1-c1ccccc1.[Na].[Na]. The average molecular weight is 216 g/mol. The van der Waals surface area contributed by atoms with Gasteiger partial charge in [-0.2, -0.15) is 0 Å². The van der Waals surface area contributed by atoms with Gasteiger partial charge in [0.25, 0.3) is 0 Å². The summed E-state index contributed by atoms with van der Waals surface area (Å²) in [6, 6.07) is 17.2. The summed E-state index contributed by atoms with van der Waals surface area (Å²) >= 11 is 0. The number of rotatable bonds is 1. The Kier molecular flexibility index (Phi) is 7.62. The molecular weight excluding hydrogens is 206 g/mol. The van der Waals surface area contributed by atoms with Crippen LogP contribution < -0.4 is 0 Å². The van der Waals surface area contributed by atoms with Crippen LogP contribution in [-0.4, -0.2) is 64.2 Å². The van der Waals surface area contributed by atoms with Gasteiger partial charge in [-0.3, -0.25) is 0 Å². The van der Waals surface area contributed by atoms with Gasteiger partial charge >= 0.3 is 0 Å². The first kappa shape index (κ1) is 15.2. The van der Waals surface area contributed by atoms with Crippen LogP contribution in [0.3, 0.4) is 0 Å². The Bertz CT molecular complexity index is 401. The molecule has 15 heavy (non-hydrogen) atoms. The van der Waals surface area contributed by atoms with Crippen LogP contribution in [-0.2, 0) is 0 Å². The van der Waals surface area contributed by atoms with E-state index in [-0.39, 0.29) is 59.1 Å². The first-order chi connectivity index (χ1) is 6.38. The van der Waals surface area contributed by atoms with Gasteiger partial charge in [0, 0.05) is 64.7 Å². The molecule has 0 saturated carbocycles. The Labute approximate surface area is 134 Å². The summed E-state index contributed by atoms with van der Waals surface area (Å²) in [6.07, 6.45) is 0. The zero-order chi connectivity index (χ0) is 9.10. The molecule has 2 aromatic rings. The maximum Gasteiger partial charge on any atom is 0.123 e. The van der Waals surface area contributed by atoms with Gasteiger partial charge in [0.2, 0.25) is 0 Å². The monoisotopic (exact) mass is 216 g/mol. The fraction of sp³-hybridized carbons (Fsp3) is 0. The minimum absolute atomic E-state index is 0. The van der Waals surface area contributed by atoms with Crippen LogP contribution in [0.4, 0.5) is 0 Å². The van der Waals surface area contributed by atoms with Gasteiger partial charge in [0.1, 0.15) is 5.75 Å². The molecule has 0 bridgehead atoms. The number of phenolic OH excluding ortho intramolecular Hbond substituents is 1. The number of aromatic hydroxyl groups is 1. The molecule has 0 aliphatic carbocycles. The van der Waals surface area contributed by atoms with Crippen LogP contribution in [0.2, 0.25) is 0 Å². The Hall–Kier alpha value is 0.240. The first-order valence-electron chi connectivity index (χ1n) is 4.21. The van der Waals surface area contributed by atoms with Crippen LogP contribution in [0.25, 0.3) is 11.1 Å². The second kappa shape index (κ2) is 7.50. The van der Waals surface area contributed by atoms with Crippen molar-refractivity contribution in [1.82, 2.24) is 0 Å². The Balaban J connectivity index is 0.000000980. The fourth-order valence-corrected chi connectivity index (χ4v) is 1.34. The minimum Gasteiger partial charge on any atom is -0.507 e. The van der Waals surface area contributed by atoms with E-state index in [9.17, 15) is 5.11 Å². The molecular formula is C12H10Na2O. The number of hydrogen-bond donors (Lipinski definition) is 1. The molecule has 0 aliphatic rings. The second-order valence-corrected chi connectivity index (χ2v) is 2.88. The van der Waals surface area contributed by atoms with E-state index in [2.05, 4.69) is 0 Å². The number of para-hydroxylation sites is 1. The number of benzene rings is 2. The largest absolute Gasteiger partial charge is 0.507 e. The smallest absolute Gasteiger partial charge is 0.123 e. The normalized spacial score (nSPS) is 8.53. The quantitative estimate of drug-likeness (QED) is 0.725. The summed E-state index contributed by atoms with van der Waals surface area (Å²) in [5.41, 5.74) is 1.92. The standard InChI is InChI=1S/C12H10O.2Na/c13-12-9-5-4-8-11(12)10-6-2-1-3-7-10;;/h1-9,13H;;. The summed E-state index contributed by atoms with van der Waals surface area (Å²) in [5.74, 6) is 0.328. The third kappa shape index (κ3) is 3.95. The van der Waals surface area contributed by atoms with E-state index in [1.54, 1.807) is 6.07 Å². The molecule has 66 valence electrons. The zero-order valence-electron chi connectivity index (χ0n) is 9.14. The maximum absolute atomic E-state index is 9.56. The van der Waals surface area contributed by atoms with Crippen LogP contribution in [0.15, 0.2) is 54.6 Å². The van der Waals surface area contributed by atoms with E-state index in [4.69, 9.17) is 0 Å². The van der Waals surface area contributed by atoms with Crippen molar-refractivity contribution in [3.63, 3.8) is 0 Å². The van der Waals surface area contributed by atoms with E-state index < -0.39 is 0 Å². The third-order valence-corrected chi connectivity index (χ3v) is 1.99. The van der Waals surface area contributed by atoms with E-state index in [1.807, 2.05) is 48.5 Å². The van der Waals surface area contributed by atoms with Crippen molar-refractivity contribution in [2.45, 2.75) is 0 Å². The Morgan fingerprint density at radius 3 is 1.80 bits per heavy atom. The van der Waals surface area contributed by atoms with Gasteiger partial charge in [0.15, 0.2) is 0 Å². The summed E-state index contributed by atoms with van der Waals surface area (Å²) in [4.78, 5) is 0. The molecule has 0 unspecified atom stereocenters.